The monoisotopic (exact) mass is 415 g/mol. The molecule has 152 valence electrons. The minimum absolute atomic E-state index is 0.108. The first-order chi connectivity index (χ1) is 13.8. The Kier molecular flexibility index (Phi) is 5.21. The molecular formula is C21H22FN3O3S. The molecule has 3 unspecified atom stereocenters. The number of carbonyl (C=O) groups excluding carboxylic acids is 3. The van der Waals surface area contributed by atoms with E-state index in [4.69, 9.17) is 0 Å². The number of hydrogen-bond acceptors (Lipinski definition) is 5. The summed E-state index contributed by atoms with van der Waals surface area (Å²) in [4.78, 5) is 44.5. The third-order valence-corrected chi connectivity index (χ3v) is 6.36. The lowest BCUT2D eigenvalue weighted by atomic mass is 9.85. The van der Waals surface area contributed by atoms with Crippen LogP contribution in [-0.4, -0.2) is 33.6 Å². The van der Waals surface area contributed by atoms with Crippen LogP contribution in [0.2, 0.25) is 0 Å². The Labute approximate surface area is 171 Å². The molecule has 1 aliphatic carbocycles. The van der Waals surface area contributed by atoms with Gasteiger partial charge in [0.2, 0.25) is 17.7 Å². The number of nitrogens with zero attached hydrogens (tertiary/aromatic N) is 2. The Morgan fingerprint density at radius 1 is 1.24 bits per heavy atom. The molecule has 29 heavy (non-hydrogen) atoms. The Balaban J connectivity index is 1.59. The van der Waals surface area contributed by atoms with Crippen molar-refractivity contribution in [3.63, 3.8) is 0 Å². The average molecular weight is 415 g/mol. The third-order valence-electron chi connectivity index (χ3n) is 5.43. The second kappa shape index (κ2) is 7.67. The Morgan fingerprint density at radius 3 is 2.52 bits per heavy atom. The zero-order chi connectivity index (χ0) is 20.7. The maximum atomic E-state index is 13.4. The zero-order valence-corrected chi connectivity index (χ0v) is 17.0. The number of benzene rings is 1. The number of rotatable bonds is 5. The maximum absolute atomic E-state index is 13.4. The molecule has 1 fully saturated rings. The number of imide groups is 1. The Bertz CT molecular complexity index is 990. The SMILES string of the molecule is CC(C)CC(C(=O)Nc1nc2ccc(F)cc2s1)N1C(=O)C2CC=CCC2C1=O. The molecule has 0 bridgehead atoms. The van der Waals surface area contributed by atoms with Crippen LogP contribution in [0.4, 0.5) is 9.52 Å². The van der Waals surface area contributed by atoms with Crippen LogP contribution < -0.4 is 5.32 Å². The number of nitrogens with one attached hydrogen (secondary N) is 1. The van der Waals surface area contributed by atoms with Crippen LogP contribution in [0.3, 0.4) is 0 Å². The van der Waals surface area contributed by atoms with Crippen LogP contribution in [0.15, 0.2) is 30.4 Å². The molecule has 1 N–H and O–H groups in total. The van der Waals surface area contributed by atoms with Gasteiger partial charge in [0, 0.05) is 0 Å². The number of anilines is 1. The Hall–Kier alpha value is -2.61. The number of hydrogen-bond donors (Lipinski definition) is 1. The fraction of sp³-hybridized carbons (Fsp3) is 0.429. The number of halogens is 1. The van der Waals surface area contributed by atoms with E-state index in [1.54, 1.807) is 6.07 Å². The summed E-state index contributed by atoms with van der Waals surface area (Å²) in [7, 11) is 0. The number of allylic oxidation sites excluding steroid dienone is 2. The summed E-state index contributed by atoms with van der Waals surface area (Å²) < 4.78 is 14.0. The van der Waals surface area contributed by atoms with E-state index in [2.05, 4.69) is 10.3 Å². The van der Waals surface area contributed by atoms with E-state index in [-0.39, 0.29) is 35.4 Å². The van der Waals surface area contributed by atoms with E-state index >= 15 is 0 Å². The van der Waals surface area contributed by atoms with Crippen molar-refractivity contribution in [3.05, 3.63) is 36.2 Å². The summed E-state index contributed by atoms with van der Waals surface area (Å²) in [6, 6.07) is 3.34. The first-order valence-corrected chi connectivity index (χ1v) is 10.6. The Morgan fingerprint density at radius 2 is 1.90 bits per heavy atom. The molecule has 1 aromatic heterocycles. The number of likely N-dealkylation sites (tertiary alicyclic amines) is 1. The van der Waals surface area contributed by atoms with Gasteiger partial charge in [0.25, 0.3) is 0 Å². The van der Waals surface area contributed by atoms with E-state index in [9.17, 15) is 18.8 Å². The summed E-state index contributed by atoms with van der Waals surface area (Å²) in [6.45, 7) is 3.89. The predicted octanol–water partition coefficient (Wildman–Crippen LogP) is 3.74. The lowest BCUT2D eigenvalue weighted by Gasteiger charge is -2.26. The lowest BCUT2D eigenvalue weighted by Crippen LogP contribution is -2.48. The van der Waals surface area contributed by atoms with Crippen LogP contribution in [0.5, 0.6) is 0 Å². The largest absolute Gasteiger partial charge is 0.300 e. The first kappa shape index (κ1) is 19.7. The van der Waals surface area contributed by atoms with Gasteiger partial charge in [-0.15, -0.1) is 0 Å². The molecule has 2 aromatic rings. The number of carbonyl (C=O) groups is 3. The third kappa shape index (κ3) is 3.69. The molecule has 4 rings (SSSR count). The quantitative estimate of drug-likeness (QED) is 0.596. The highest BCUT2D eigenvalue weighted by atomic mass is 32.1. The molecule has 3 amide bonds. The van der Waals surface area contributed by atoms with Gasteiger partial charge < -0.3 is 5.32 Å². The smallest absolute Gasteiger partial charge is 0.249 e. The molecular weight excluding hydrogens is 393 g/mol. The van der Waals surface area contributed by atoms with Crippen molar-refractivity contribution in [1.82, 2.24) is 9.88 Å². The molecule has 1 aromatic carbocycles. The summed E-state index contributed by atoms with van der Waals surface area (Å²) >= 11 is 1.16. The normalized spacial score (nSPS) is 22.4. The minimum atomic E-state index is -0.885. The van der Waals surface area contributed by atoms with Crippen molar-refractivity contribution in [2.45, 2.75) is 39.2 Å². The van der Waals surface area contributed by atoms with Crippen molar-refractivity contribution in [1.29, 1.82) is 0 Å². The summed E-state index contributed by atoms with van der Waals surface area (Å²) in [5.41, 5.74) is 0.581. The van der Waals surface area contributed by atoms with Crippen molar-refractivity contribution in [2.75, 3.05) is 5.32 Å². The minimum Gasteiger partial charge on any atom is -0.300 e. The van der Waals surface area contributed by atoms with Gasteiger partial charge in [-0.2, -0.15) is 0 Å². The van der Waals surface area contributed by atoms with Crippen LogP contribution in [0.1, 0.15) is 33.1 Å². The first-order valence-electron chi connectivity index (χ1n) is 9.74. The van der Waals surface area contributed by atoms with E-state index in [1.807, 2.05) is 26.0 Å². The van der Waals surface area contributed by atoms with Gasteiger partial charge >= 0.3 is 0 Å². The zero-order valence-electron chi connectivity index (χ0n) is 16.2. The highest BCUT2D eigenvalue weighted by Crippen LogP contribution is 2.37. The van der Waals surface area contributed by atoms with Gasteiger partial charge in [0.15, 0.2) is 5.13 Å². The number of thiazole rings is 1. The van der Waals surface area contributed by atoms with E-state index in [1.165, 1.54) is 17.0 Å². The van der Waals surface area contributed by atoms with Crippen molar-refractivity contribution < 1.29 is 18.8 Å². The predicted molar refractivity (Wildman–Crippen MR) is 109 cm³/mol. The van der Waals surface area contributed by atoms with Crippen LogP contribution in [0.25, 0.3) is 10.2 Å². The maximum Gasteiger partial charge on any atom is 0.249 e. The average Bonchev–Trinajstić information content (AvgIpc) is 3.18. The molecule has 0 radical (unpaired) electrons. The fourth-order valence-electron chi connectivity index (χ4n) is 4.05. The molecule has 2 aliphatic rings. The topological polar surface area (TPSA) is 79.4 Å². The van der Waals surface area contributed by atoms with Crippen molar-refractivity contribution in [3.8, 4) is 0 Å². The van der Waals surface area contributed by atoms with Crippen LogP contribution >= 0.6 is 11.3 Å². The molecule has 0 spiro atoms. The number of fused-ring (bicyclic) bond motifs is 2. The summed E-state index contributed by atoms with van der Waals surface area (Å²) in [5.74, 6) is -1.99. The van der Waals surface area contributed by atoms with Gasteiger partial charge in [-0.1, -0.05) is 37.3 Å². The van der Waals surface area contributed by atoms with Gasteiger partial charge in [-0.25, -0.2) is 9.37 Å². The molecule has 6 nitrogen and oxygen atoms in total. The summed E-state index contributed by atoms with van der Waals surface area (Å²) in [5, 5.41) is 3.06. The van der Waals surface area contributed by atoms with E-state index < -0.39 is 11.9 Å². The number of aromatic nitrogens is 1. The lowest BCUT2D eigenvalue weighted by molar-refractivity contribution is -0.147. The second-order valence-electron chi connectivity index (χ2n) is 7.97. The molecule has 2 heterocycles. The van der Waals surface area contributed by atoms with E-state index in [0.29, 0.717) is 34.6 Å². The fourth-order valence-corrected chi connectivity index (χ4v) is 4.94. The molecule has 0 saturated carbocycles. The van der Waals surface area contributed by atoms with Crippen molar-refractivity contribution in [2.24, 2.45) is 17.8 Å². The molecule has 1 aliphatic heterocycles. The van der Waals surface area contributed by atoms with Crippen molar-refractivity contribution >= 4 is 44.4 Å². The molecule has 3 atom stereocenters. The molecule has 1 saturated heterocycles. The standard InChI is InChI=1S/C21H22FN3O3S/c1-11(2)9-16(25-19(27)13-5-3-4-6-14(13)20(25)28)18(26)24-21-23-15-8-7-12(22)10-17(15)29-21/h3-4,7-8,10-11,13-14,16H,5-6,9H2,1-2H3,(H,23,24,26). The van der Waals surface area contributed by atoms with Gasteiger partial charge in [-0.05, 0) is 43.4 Å². The highest BCUT2D eigenvalue weighted by molar-refractivity contribution is 7.22. The summed E-state index contributed by atoms with van der Waals surface area (Å²) in [6.07, 6.45) is 5.29. The van der Waals surface area contributed by atoms with Gasteiger partial charge in [0.1, 0.15) is 11.9 Å². The van der Waals surface area contributed by atoms with Crippen LogP contribution in [0, 0.1) is 23.6 Å². The van der Waals surface area contributed by atoms with Crippen LogP contribution in [-0.2, 0) is 14.4 Å². The highest BCUT2D eigenvalue weighted by Gasteiger charge is 2.51. The second-order valence-corrected chi connectivity index (χ2v) is 9.00. The molecule has 8 heteroatoms. The number of amides is 3. The van der Waals surface area contributed by atoms with E-state index in [0.717, 1.165) is 11.3 Å². The van der Waals surface area contributed by atoms with Gasteiger partial charge in [0.05, 0.1) is 22.1 Å². The van der Waals surface area contributed by atoms with Gasteiger partial charge in [-0.3, -0.25) is 19.3 Å².